The zero-order valence-corrected chi connectivity index (χ0v) is 17.0. The van der Waals surface area contributed by atoms with Crippen molar-refractivity contribution in [1.29, 1.82) is 0 Å². The van der Waals surface area contributed by atoms with E-state index in [9.17, 15) is 24.0 Å². The summed E-state index contributed by atoms with van der Waals surface area (Å²) in [5.41, 5.74) is -0.122. The van der Waals surface area contributed by atoms with Gasteiger partial charge < -0.3 is 10.1 Å². The molecule has 1 aromatic carbocycles. The van der Waals surface area contributed by atoms with Gasteiger partial charge in [0, 0.05) is 12.1 Å². The lowest BCUT2D eigenvalue weighted by Crippen LogP contribution is -2.49. The zero-order valence-electron chi connectivity index (χ0n) is 17.0. The third-order valence-electron chi connectivity index (χ3n) is 4.02. The van der Waals surface area contributed by atoms with Crippen LogP contribution in [0.4, 0.5) is 4.79 Å². The molecule has 9 nitrogen and oxygen atoms in total. The molecule has 0 aromatic heterocycles. The predicted molar refractivity (Wildman–Crippen MR) is 103 cm³/mol. The van der Waals surface area contributed by atoms with Crippen molar-refractivity contribution in [2.75, 3.05) is 13.2 Å². The van der Waals surface area contributed by atoms with E-state index in [2.05, 4.69) is 10.6 Å². The Bertz CT molecular complexity index is 856. The van der Waals surface area contributed by atoms with Gasteiger partial charge in [-0.15, -0.1) is 0 Å². The minimum atomic E-state index is -0.841. The number of fused-ring (bicyclic) bond motifs is 1. The first-order valence-corrected chi connectivity index (χ1v) is 9.33. The van der Waals surface area contributed by atoms with Crippen LogP contribution in [0.3, 0.4) is 0 Å². The number of imide groups is 2. The van der Waals surface area contributed by atoms with Crippen LogP contribution < -0.4 is 10.6 Å². The maximum absolute atomic E-state index is 12.4. The average Bonchev–Trinajstić information content (AvgIpc) is 2.86. The number of nitrogens with zero attached hydrogens (tertiary/aromatic N) is 1. The summed E-state index contributed by atoms with van der Waals surface area (Å²) in [6.45, 7) is 6.86. The molecular weight excluding hydrogens is 378 g/mol. The molecule has 0 spiro atoms. The fraction of sp³-hybridized carbons (Fsp3) is 0.450. The Balaban J connectivity index is 1.97. The Morgan fingerprint density at radius 2 is 1.72 bits per heavy atom. The molecule has 156 valence electrons. The van der Waals surface area contributed by atoms with Crippen LogP contribution in [0.15, 0.2) is 18.2 Å². The molecule has 1 heterocycles. The Labute approximate surface area is 168 Å². The Hall–Kier alpha value is -3.23. The zero-order chi connectivity index (χ0) is 21.8. The summed E-state index contributed by atoms with van der Waals surface area (Å²) in [5.74, 6) is -2.48. The van der Waals surface area contributed by atoms with E-state index in [1.54, 1.807) is 20.8 Å². The van der Waals surface area contributed by atoms with Crippen molar-refractivity contribution >= 4 is 29.7 Å². The van der Waals surface area contributed by atoms with Gasteiger partial charge in [-0.2, -0.15) is 0 Å². The minimum absolute atomic E-state index is 0.0363. The predicted octanol–water partition coefficient (Wildman–Crippen LogP) is 1.86. The smallest absolute Gasteiger partial charge is 0.338 e. The molecule has 0 unspecified atom stereocenters. The maximum atomic E-state index is 12.4. The molecule has 0 aliphatic carbocycles. The lowest BCUT2D eigenvalue weighted by atomic mass is 10.1. The van der Waals surface area contributed by atoms with Crippen LogP contribution in [0.1, 0.15) is 71.6 Å². The highest BCUT2D eigenvalue weighted by atomic mass is 16.5. The van der Waals surface area contributed by atoms with Crippen molar-refractivity contribution in [2.24, 2.45) is 0 Å². The van der Waals surface area contributed by atoms with Gasteiger partial charge in [-0.1, -0.05) is 13.3 Å². The normalized spacial score (nSPS) is 13.2. The standard InChI is InChI=1S/C20H25N3O6/c1-5-6-9-23-16(25)13-8-7-12(10-14(13)17(23)26)18(27)29-11-15(24)21-19(28)22-20(2,3)4/h7-8,10H,5-6,9,11H2,1-4H3,(H2,21,22,24,28). The van der Waals surface area contributed by atoms with Crippen molar-refractivity contribution in [3.63, 3.8) is 0 Å². The molecule has 29 heavy (non-hydrogen) atoms. The Kier molecular flexibility index (Phi) is 6.73. The number of esters is 1. The van der Waals surface area contributed by atoms with Gasteiger partial charge >= 0.3 is 12.0 Å². The van der Waals surface area contributed by atoms with E-state index in [1.807, 2.05) is 6.92 Å². The average molecular weight is 403 g/mol. The first kappa shape index (κ1) is 22.1. The number of hydrogen-bond donors (Lipinski definition) is 2. The minimum Gasteiger partial charge on any atom is -0.452 e. The van der Waals surface area contributed by atoms with E-state index in [-0.39, 0.29) is 22.6 Å². The van der Waals surface area contributed by atoms with Crippen LogP contribution in [-0.2, 0) is 9.53 Å². The van der Waals surface area contributed by atoms with Crippen LogP contribution in [0, 0.1) is 0 Å². The monoisotopic (exact) mass is 403 g/mol. The third kappa shape index (κ3) is 5.63. The van der Waals surface area contributed by atoms with Gasteiger partial charge in [0.2, 0.25) is 0 Å². The molecule has 1 aromatic rings. The molecule has 0 saturated carbocycles. The topological polar surface area (TPSA) is 122 Å². The SMILES string of the molecule is CCCCN1C(=O)c2ccc(C(=O)OCC(=O)NC(=O)NC(C)(C)C)cc2C1=O. The van der Waals surface area contributed by atoms with E-state index in [4.69, 9.17) is 4.74 Å². The number of nitrogens with one attached hydrogen (secondary N) is 2. The molecule has 5 amide bonds. The highest BCUT2D eigenvalue weighted by Crippen LogP contribution is 2.24. The quantitative estimate of drug-likeness (QED) is 0.552. The Morgan fingerprint density at radius 3 is 2.34 bits per heavy atom. The van der Waals surface area contributed by atoms with E-state index in [0.29, 0.717) is 13.0 Å². The number of amides is 5. The molecule has 0 atom stereocenters. The van der Waals surface area contributed by atoms with Crippen molar-refractivity contribution in [2.45, 2.75) is 46.1 Å². The summed E-state index contributed by atoms with van der Waals surface area (Å²) in [6.07, 6.45) is 1.53. The summed E-state index contributed by atoms with van der Waals surface area (Å²) in [6, 6.07) is 3.34. The number of rotatable bonds is 6. The van der Waals surface area contributed by atoms with Crippen LogP contribution in [0.5, 0.6) is 0 Å². The van der Waals surface area contributed by atoms with Crippen LogP contribution >= 0.6 is 0 Å². The number of hydrogen-bond acceptors (Lipinski definition) is 6. The first-order chi connectivity index (χ1) is 13.5. The molecule has 1 aliphatic heterocycles. The van der Waals surface area contributed by atoms with Crippen LogP contribution in [-0.4, -0.2) is 53.3 Å². The molecular formula is C20H25N3O6. The lowest BCUT2D eigenvalue weighted by molar-refractivity contribution is -0.123. The number of carbonyl (C=O) groups is 5. The number of ether oxygens (including phenoxy) is 1. The van der Waals surface area contributed by atoms with Gasteiger partial charge in [0.05, 0.1) is 16.7 Å². The van der Waals surface area contributed by atoms with Gasteiger partial charge in [0.25, 0.3) is 17.7 Å². The fourth-order valence-corrected chi connectivity index (χ4v) is 2.69. The van der Waals surface area contributed by atoms with Gasteiger partial charge in [0.1, 0.15) is 0 Å². The molecule has 9 heteroatoms. The number of unbranched alkanes of at least 4 members (excludes halogenated alkanes) is 1. The van der Waals surface area contributed by atoms with Crippen molar-refractivity contribution in [3.05, 3.63) is 34.9 Å². The highest BCUT2D eigenvalue weighted by Gasteiger charge is 2.35. The summed E-state index contributed by atoms with van der Waals surface area (Å²) in [7, 11) is 0. The van der Waals surface area contributed by atoms with Gasteiger partial charge in [-0.25, -0.2) is 9.59 Å². The van der Waals surface area contributed by atoms with Crippen LogP contribution in [0.2, 0.25) is 0 Å². The molecule has 0 bridgehead atoms. The first-order valence-electron chi connectivity index (χ1n) is 9.33. The van der Waals surface area contributed by atoms with Crippen molar-refractivity contribution in [3.8, 4) is 0 Å². The summed E-state index contributed by atoms with van der Waals surface area (Å²) in [4.78, 5) is 61.5. The van der Waals surface area contributed by atoms with Gasteiger partial charge in [0.15, 0.2) is 6.61 Å². The van der Waals surface area contributed by atoms with Gasteiger partial charge in [-0.05, 0) is 45.4 Å². The summed E-state index contributed by atoms with van der Waals surface area (Å²) in [5, 5.41) is 4.59. The molecule has 2 rings (SSSR count). The molecule has 2 N–H and O–H groups in total. The summed E-state index contributed by atoms with van der Waals surface area (Å²) < 4.78 is 4.89. The highest BCUT2D eigenvalue weighted by molar-refractivity contribution is 6.22. The number of urea groups is 1. The number of carbonyl (C=O) groups excluding carboxylic acids is 5. The third-order valence-corrected chi connectivity index (χ3v) is 4.02. The second kappa shape index (κ2) is 8.85. The van der Waals surface area contributed by atoms with E-state index >= 15 is 0 Å². The second-order valence-corrected chi connectivity index (χ2v) is 7.70. The largest absolute Gasteiger partial charge is 0.452 e. The molecule has 0 fully saturated rings. The maximum Gasteiger partial charge on any atom is 0.338 e. The van der Waals surface area contributed by atoms with E-state index < -0.39 is 36.0 Å². The van der Waals surface area contributed by atoms with Crippen molar-refractivity contribution in [1.82, 2.24) is 15.5 Å². The fourth-order valence-electron chi connectivity index (χ4n) is 2.69. The molecule has 1 aliphatic rings. The second-order valence-electron chi connectivity index (χ2n) is 7.70. The molecule has 0 saturated heterocycles. The van der Waals surface area contributed by atoms with Gasteiger partial charge in [-0.3, -0.25) is 24.6 Å². The van der Waals surface area contributed by atoms with E-state index in [0.717, 1.165) is 11.3 Å². The van der Waals surface area contributed by atoms with Crippen molar-refractivity contribution < 1.29 is 28.7 Å². The number of benzene rings is 1. The summed E-state index contributed by atoms with van der Waals surface area (Å²) >= 11 is 0. The Morgan fingerprint density at radius 1 is 1.07 bits per heavy atom. The van der Waals surface area contributed by atoms with Crippen LogP contribution in [0.25, 0.3) is 0 Å². The lowest BCUT2D eigenvalue weighted by Gasteiger charge is -2.20. The van der Waals surface area contributed by atoms with E-state index in [1.165, 1.54) is 18.2 Å². The molecule has 0 radical (unpaired) electrons.